The molecule has 1 saturated carbocycles. The number of alkyl halides is 3. The van der Waals surface area contributed by atoms with E-state index in [2.05, 4.69) is 10.1 Å². The molecule has 0 saturated heterocycles. The molecule has 3 N–H and O–H groups in total. The Hall–Kier alpha value is -2.43. The van der Waals surface area contributed by atoms with Crippen LogP contribution in [0.1, 0.15) is 6.42 Å². The van der Waals surface area contributed by atoms with Crippen LogP contribution in [0.5, 0.6) is 0 Å². The molecule has 1 aliphatic heterocycles. The van der Waals surface area contributed by atoms with E-state index in [1.54, 1.807) is 0 Å². The first-order valence-corrected chi connectivity index (χ1v) is 6.44. The van der Waals surface area contributed by atoms with Gasteiger partial charge in [0, 0.05) is 31.7 Å². The van der Waals surface area contributed by atoms with E-state index < -0.39 is 41.5 Å². The van der Waals surface area contributed by atoms with Crippen molar-refractivity contribution in [2.75, 3.05) is 13.1 Å². The van der Waals surface area contributed by atoms with Crippen LogP contribution in [0.3, 0.4) is 0 Å². The van der Waals surface area contributed by atoms with Crippen molar-refractivity contribution >= 4 is 23.7 Å². The average molecular weight is 335 g/mol. The highest BCUT2D eigenvalue weighted by Gasteiger charge is 2.62. The summed E-state index contributed by atoms with van der Waals surface area (Å²) in [5.41, 5.74) is 3.82. The summed E-state index contributed by atoms with van der Waals surface area (Å²) in [6, 6.07) is 0. The van der Waals surface area contributed by atoms with Gasteiger partial charge in [-0.15, -0.1) is 0 Å². The van der Waals surface area contributed by atoms with Crippen molar-refractivity contribution in [3.63, 3.8) is 0 Å². The van der Waals surface area contributed by atoms with Crippen LogP contribution >= 0.6 is 0 Å². The molecule has 2 unspecified atom stereocenters. The summed E-state index contributed by atoms with van der Waals surface area (Å²) in [5, 5.41) is 2.28. The van der Waals surface area contributed by atoms with Gasteiger partial charge in [0.05, 0.1) is 0 Å². The van der Waals surface area contributed by atoms with Crippen LogP contribution < -0.4 is 11.1 Å². The van der Waals surface area contributed by atoms with Crippen LogP contribution in [-0.4, -0.2) is 59.5 Å². The van der Waals surface area contributed by atoms with Crippen molar-refractivity contribution in [1.82, 2.24) is 10.2 Å². The Morgan fingerprint density at radius 3 is 2.43 bits per heavy atom. The van der Waals surface area contributed by atoms with Gasteiger partial charge in [-0.2, -0.15) is 13.2 Å². The number of amides is 3. The SMILES string of the molecule is NC1(C(=O)NCCN2C(=O)C=CC2=O)CC1OC(=O)C(F)(F)F. The second kappa shape index (κ2) is 5.65. The van der Waals surface area contributed by atoms with Gasteiger partial charge in [0.2, 0.25) is 5.91 Å². The first-order chi connectivity index (χ1) is 10.6. The first kappa shape index (κ1) is 16.9. The van der Waals surface area contributed by atoms with E-state index in [0.29, 0.717) is 0 Å². The van der Waals surface area contributed by atoms with Gasteiger partial charge >= 0.3 is 12.1 Å². The van der Waals surface area contributed by atoms with Crippen molar-refractivity contribution in [3.05, 3.63) is 12.2 Å². The normalized spacial score (nSPS) is 26.4. The van der Waals surface area contributed by atoms with Crippen molar-refractivity contribution in [2.45, 2.75) is 24.2 Å². The van der Waals surface area contributed by atoms with Gasteiger partial charge in [0.25, 0.3) is 11.8 Å². The Kier molecular flexibility index (Phi) is 4.16. The number of nitrogens with one attached hydrogen (secondary N) is 1. The molecule has 11 heteroatoms. The Bertz CT molecular complexity index is 585. The molecule has 2 rings (SSSR count). The zero-order chi connectivity index (χ0) is 17.4. The quantitative estimate of drug-likeness (QED) is 0.471. The summed E-state index contributed by atoms with van der Waals surface area (Å²) < 4.78 is 40.2. The number of esters is 1. The lowest BCUT2D eigenvalue weighted by atomic mass is 10.2. The number of rotatable bonds is 5. The van der Waals surface area contributed by atoms with Crippen LogP contribution in [0.2, 0.25) is 0 Å². The Morgan fingerprint density at radius 2 is 1.91 bits per heavy atom. The Morgan fingerprint density at radius 1 is 1.35 bits per heavy atom. The molecule has 1 heterocycles. The molecule has 1 aliphatic carbocycles. The summed E-state index contributed by atoms with van der Waals surface area (Å²) in [6.07, 6.45) is -4.63. The number of ether oxygens (including phenoxy) is 1. The molecule has 0 aromatic rings. The molecule has 0 aromatic carbocycles. The fourth-order valence-corrected chi connectivity index (χ4v) is 1.93. The lowest BCUT2D eigenvalue weighted by molar-refractivity contribution is -0.201. The monoisotopic (exact) mass is 335 g/mol. The summed E-state index contributed by atoms with van der Waals surface area (Å²) in [4.78, 5) is 45.8. The second-order valence-corrected chi connectivity index (χ2v) is 5.05. The Labute approximate surface area is 127 Å². The lowest BCUT2D eigenvalue weighted by Crippen LogP contribution is -2.49. The fraction of sp³-hybridized carbons (Fsp3) is 0.500. The third kappa shape index (κ3) is 3.50. The molecule has 0 spiro atoms. The second-order valence-electron chi connectivity index (χ2n) is 5.05. The van der Waals surface area contributed by atoms with Gasteiger partial charge in [-0.05, 0) is 0 Å². The predicted molar refractivity (Wildman–Crippen MR) is 66.3 cm³/mol. The minimum Gasteiger partial charge on any atom is -0.453 e. The molecule has 2 aliphatic rings. The maximum absolute atomic E-state index is 12.0. The van der Waals surface area contributed by atoms with Crippen molar-refractivity contribution in [3.8, 4) is 0 Å². The number of hydrogen-bond acceptors (Lipinski definition) is 6. The summed E-state index contributed by atoms with van der Waals surface area (Å²) in [6.45, 7) is -0.240. The number of halogens is 3. The zero-order valence-corrected chi connectivity index (χ0v) is 11.6. The van der Waals surface area contributed by atoms with E-state index in [-0.39, 0.29) is 19.5 Å². The summed E-state index contributed by atoms with van der Waals surface area (Å²) >= 11 is 0. The van der Waals surface area contributed by atoms with Crippen molar-refractivity contribution < 1.29 is 37.1 Å². The lowest BCUT2D eigenvalue weighted by Gasteiger charge is -2.16. The molecule has 8 nitrogen and oxygen atoms in total. The van der Waals surface area contributed by atoms with E-state index in [1.165, 1.54) is 0 Å². The number of hydrogen-bond donors (Lipinski definition) is 2. The molecule has 23 heavy (non-hydrogen) atoms. The van der Waals surface area contributed by atoms with E-state index in [1.807, 2.05) is 0 Å². The third-order valence-electron chi connectivity index (χ3n) is 3.36. The first-order valence-electron chi connectivity index (χ1n) is 6.44. The van der Waals surface area contributed by atoms with Crippen LogP contribution in [0.15, 0.2) is 12.2 Å². The minimum absolute atomic E-state index is 0.112. The molecule has 1 fully saturated rings. The van der Waals surface area contributed by atoms with Crippen LogP contribution in [0.25, 0.3) is 0 Å². The molecule has 2 atom stereocenters. The number of carbonyl (C=O) groups is 4. The summed E-state index contributed by atoms with van der Waals surface area (Å²) in [5.74, 6) is -4.31. The largest absolute Gasteiger partial charge is 0.490 e. The van der Waals surface area contributed by atoms with Crippen LogP contribution in [0.4, 0.5) is 13.2 Å². The highest BCUT2D eigenvalue weighted by Crippen LogP contribution is 2.38. The van der Waals surface area contributed by atoms with Crippen molar-refractivity contribution in [2.24, 2.45) is 5.73 Å². The third-order valence-corrected chi connectivity index (χ3v) is 3.36. The van der Waals surface area contributed by atoms with Gasteiger partial charge in [-0.1, -0.05) is 0 Å². The zero-order valence-electron chi connectivity index (χ0n) is 11.6. The Balaban J connectivity index is 1.77. The molecular formula is C12H12F3N3O5. The van der Waals surface area contributed by atoms with E-state index >= 15 is 0 Å². The topological polar surface area (TPSA) is 119 Å². The highest BCUT2D eigenvalue weighted by atomic mass is 19.4. The smallest absolute Gasteiger partial charge is 0.453 e. The van der Waals surface area contributed by atoms with Gasteiger partial charge in [-0.3, -0.25) is 19.3 Å². The van der Waals surface area contributed by atoms with E-state index in [9.17, 15) is 32.3 Å². The van der Waals surface area contributed by atoms with Crippen LogP contribution in [0, 0.1) is 0 Å². The maximum Gasteiger partial charge on any atom is 0.490 e. The molecule has 126 valence electrons. The number of nitrogens with two attached hydrogens (primary N) is 1. The van der Waals surface area contributed by atoms with Gasteiger partial charge < -0.3 is 15.8 Å². The average Bonchev–Trinajstić information content (AvgIpc) is 3.00. The fourth-order valence-electron chi connectivity index (χ4n) is 1.93. The molecule has 0 aromatic heterocycles. The van der Waals surface area contributed by atoms with Gasteiger partial charge in [0.1, 0.15) is 11.6 Å². The molecule has 0 radical (unpaired) electrons. The van der Waals surface area contributed by atoms with E-state index in [0.717, 1.165) is 17.1 Å². The standard InChI is InChI=1S/C12H12F3N3O5/c13-12(14,15)10(22)23-6-5-11(6,16)9(21)17-3-4-18-7(19)1-2-8(18)20/h1-2,6H,3-5,16H2,(H,17,21). The highest BCUT2D eigenvalue weighted by molar-refractivity contribution is 6.12. The number of imide groups is 1. The molecular weight excluding hydrogens is 323 g/mol. The molecule has 0 bridgehead atoms. The number of nitrogens with zero attached hydrogens (tertiary/aromatic N) is 1. The molecule has 3 amide bonds. The summed E-state index contributed by atoms with van der Waals surface area (Å²) in [7, 11) is 0. The predicted octanol–water partition coefficient (Wildman–Crippen LogP) is -1.40. The van der Waals surface area contributed by atoms with E-state index in [4.69, 9.17) is 5.73 Å². The number of carbonyl (C=O) groups excluding carboxylic acids is 4. The van der Waals surface area contributed by atoms with Gasteiger partial charge in [0.15, 0.2) is 0 Å². The maximum atomic E-state index is 12.0. The van der Waals surface area contributed by atoms with Gasteiger partial charge in [-0.25, -0.2) is 4.79 Å². The van der Waals surface area contributed by atoms with Crippen LogP contribution in [-0.2, 0) is 23.9 Å². The van der Waals surface area contributed by atoms with Crippen molar-refractivity contribution in [1.29, 1.82) is 0 Å². The minimum atomic E-state index is -5.16.